The van der Waals surface area contributed by atoms with Gasteiger partial charge in [-0.2, -0.15) is 5.10 Å². The minimum Gasteiger partial charge on any atom is -0.496 e. The Morgan fingerprint density at radius 1 is 1.29 bits per heavy atom. The van der Waals surface area contributed by atoms with Crippen LogP contribution >= 0.6 is 0 Å². The zero-order valence-electron chi connectivity index (χ0n) is 11.9. The molecule has 1 aromatic heterocycles. The third-order valence-corrected chi connectivity index (χ3v) is 2.75. The normalized spacial score (nSPS) is 11.0. The van der Waals surface area contributed by atoms with E-state index >= 15 is 0 Å². The van der Waals surface area contributed by atoms with Gasteiger partial charge >= 0.3 is 6.09 Å². The number of amides is 1. The van der Waals surface area contributed by atoms with E-state index in [1.807, 2.05) is 36.4 Å². The van der Waals surface area contributed by atoms with Crippen LogP contribution in [0.2, 0.25) is 0 Å². The van der Waals surface area contributed by atoms with Crippen molar-refractivity contribution in [1.29, 1.82) is 0 Å². The predicted molar refractivity (Wildman–Crippen MR) is 79.6 cm³/mol. The van der Waals surface area contributed by atoms with Crippen LogP contribution in [-0.2, 0) is 4.74 Å². The van der Waals surface area contributed by atoms with Gasteiger partial charge in [0.25, 0.3) is 0 Å². The molecule has 6 heteroatoms. The summed E-state index contributed by atoms with van der Waals surface area (Å²) in [5.74, 6) is 0.663. The highest BCUT2D eigenvalue weighted by atomic mass is 16.5. The van der Waals surface area contributed by atoms with Crippen LogP contribution in [0.3, 0.4) is 0 Å². The highest BCUT2D eigenvalue weighted by molar-refractivity contribution is 6.13. The molecule has 0 fully saturated rings. The van der Waals surface area contributed by atoms with Gasteiger partial charge in [-0.3, -0.25) is 0 Å². The Morgan fingerprint density at radius 3 is 2.76 bits per heavy atom. The molecule has 2 rings (SSSR count). The van der Waals surface area contributed by atoms with Crippen LogP contribution < -0.4 is 10.2 Å². The molecule has 1 aromatic carbocycles. The Balaban J connectivity index is 2.37. The van der Waals surface area contributed by atoms with Crippen molar-refractivity contribution in [3.8, 4) is 5.75 Å². The molecule has 6 nitrogen and oxygen atoms in total. The second kappa shape index (κ2) is 7.14. The Bertz CT molecular complexity index is 621. The van der Waals surface area contributed by atoms with E-state index in [0.29, 0.717) is 11.5 Å². The Labute approximate surface area is 122 Å². The van der Waals surface area contributed by atoms with Gasteiger partial charge < -0.3 is 14.5 Å². The first-order valence-electron chi connectivity index (χ1n) is 6.53. The second-order valence-corrected chi connectivity index (χ2v) is 4.08. The molecule has 0 saturated heterocycles. The Hall–Kier alpha value is -2.76. The topological polar surface area (TPSA) is 75.7 Å². The molecule has 110 valence electrons. The van der Waals surface area contributed by atoms with Crippen LogP contribution in [0, 0.1) is 0 Å². The van der Waals surface area contributed by atoms with Crippen LogP contribution in [0.25, 0.3) is 0 Å². The van der Waals surface area contributed by atoms with E-state index in [9.17, 15) is 4.79 Å². The summed E-state index contributed by atoms with van der Waals surface area (Å²) in [4.78, 5) is 14.5. The van der Waals surface area contributed by atoms with Crippen molar-refractivity contribution in [2.75, 3.05) is 13.7 Å². The maximum absolute atomic E-state index is 11.4. The highest BCUT2D eigenvalue weighted by Crippen LogP contribution is 2.21. The number of ether oxygens (including phenoxy) is 2. The zero-order chi connectivity index (χ0) is 15.1. The molecule has 0 aliphatic heterocycles. The average molecular weight is 287 g/mol. The first-order valence-corrected chi connectivity index (χ1v) is 6.53. The van der Waals surface area contributed by atoms with Crippen LogP contribution in [0.15, 0.2) is 47.7 Å². The van der Waals surface area contributed by atoms with Crippen LogP contribution in [0.1, 0.15) is 18.2 Å². The van der Waals surface area contributed by atoms with Crippen molar-refractivity contribution >= 4 is 11.8 Å². The number of H-pyrrole nitrogens is 1. The summed E-state index contributed by atoms with van der Waals surface area (Å²) < 4.78 is 10.1. The van der Waals surface area contributed by atoms with Crippen molar-refractivity contribution in [3.05, 3.63) is 53.9 Å². The summed E-state index contributed by atoms with van der Waals surface area (Å²) in [6, 6.07) is 11.2. The van der Waals surface area contributed by atoms with Gasteiger partial charge in [-0.05, 0) is 31.2 Å². The molecule has 2 N–H and O–H groups in total. The Kier molecular flexibility index (Phi) is 4.98. The molecule has 0 aliphatic rings. The lowest BCUT2D eigenvalue weighted by Gasteiger charge is -2.10. The summed E-state index contributed by atoms with van der Waals surface area (Å²) in [5, 5.41) is 4.14. The summed E-state index contributed by atoms with van der Waals surface area (Å²) >= 11 is 0. The highest BCUT2D eigenvalue weighted by Gasteiger charge is 2.13. The van der Waals surface area contributed by atoms with Gasteiger partial charge in [-0.25, -0.2) is 10.2 Å². The number of carbonyl (C=O) groups is 1. The number of para-hydroxylation sites is 1. The SMILES string of the molecule is CCOC(=O)N/N=C(\c1ccc[nH]1)c1ccccc1OC. The molecule has 0 bridgehead atoms. The maximum Gasteiger partial charge on any atom is 0.427 e. The van der Waals surface area contributed by atoms with Crippen molar-refractivity contribution in [3.63, 3.8) is 0 Å². The molecule has 1 heterocycles. The third kappa shape index (κ3) is 3.62. The third-order valence-electron chi connectivity index (χ3n) is 2.75. The van der Waals surface area contributed by atoms with Crippen LogP contribution in [0.5, 0.6) is 5.75 Å². The summed E-state index contributed by atoms with van der Waals surface area (Å²) in [7, 11) is 1.59. The van der Waals surface area contributed by atoms with Gasteiger partial charge in [0.2, 0.25) is 0 Å². The van der Waals surface area contributed by atoms with Gasteiger partial charge in [0.15, 0.2) is 0 Å². The van der Waals surface area contributed by atoms with Crippen molar-refractivity contribution in [2.24, 2.45) is 5.10 Å². The molecule has 0 aliphatic carbocycles. The Morgan fingerprint density at radius 2 is 2.10 bits per heavy atom. The second-order valence-electron chi connectivity index (χ2n) is 4.08. The molecule has 1 amide bonds. The largest absolute Gasteiger partial charge is 0.496 e. The fraction of sp³-hybridized carbons (Fsp3) is 0.200. The summed E-state index contributed by atoms with van der Waals surface area (Å²) in [6.07, 6.45) is 1.18. The van der Waals surface area contributed by atoms with Crippen molar-refractivity contribution in [1.82, 2.24) is 10.4 Å². The molecule has 0 unspecified atom stereocenters. The van der Waals surface area contributed by atoms with E-state index in [-0.39, 0.29) is 6.61 Å². The summed E-state index contributed by atoms with van der Waals surface area (Å²) in [6.45, 7) is 2.02. The fourth-order valence-electron chi connectivity index (χ4n) is 1.85. The van der Waals surface area contributed by atoms with E-state index in [2.05, 4.69) is 15.5 Å². The number of nitrogens with one attached hydrogen (secondary N) is 2. The fourth-order valence-corrected chi connectivity index (χ4v) is 1.85. The number of aromatic nitrogens is 1. The summed E-state index contributed by atoms with van der Waals surface area (Å²) in [5.41, 5.74) is 4.46. The lowest BCUT2D eigenvalue weighted by Crippen LogP contribution is -2.21. The molecule has 0 saturated carbocycles. The van der Waals surface area contributed by atoms with Crippen molar-refractivity contribution < 1.29 is 14.3 Å². The van der Waals surface area contributed by atoms with E-state index in [4.69, 9.17) is 9.47 Å². The number of nitrogens with zero attached hydrogens (tertiary/aromatic N) is 1. The predicted octanol–water partition coefficient (Wildman–Crippen LogP) is 2.52. The van der Waals surface area contributed by atoms with E-state index < -0.39 is 6.09 Å². The standard InChI is InChI=1S/C15H17N3O3/c1-3-21-15(19)18-17-14(12-8-6-10-16-12)11-7-4-5-9-13(11)20-2/h4-10,16H,3H2,1-2H3,(H,18,19)/b17-14-. The van der Waals surface area contributed by atoms with E-state index in [1.165, 1.54) is 0 Å². The minimum atomic E-state index is -0.601. The van der Waals surface area contributed by atoms with Crippen molar-refractivity contribution in [2.45, 2.75) is 6.92 Å². The molecular formula is C15H17N3O3. The van der Waals surface area contributed by atoms with E-state index in [0.717, 1.165) is 11.3 Å². The van der Waals surface area contributed by atoms with Gasteiger partial charge in [0, 0.05) is 11.8 Å². The van der Waals surface area contributed by atoms with E-state index in [1.54, 1.807) is 20.2 Å². The van der Waals surface area contributed by atoms with Gasteiger partial charge in [-0.1, -0.05) is 12.1 Å². The molecule has 21 heavy (non-hydrogen) atoms. The number of aromatic amines is 1. The first-order chi connectivity index (χ1) is 10.3. The monoisotopic (exact) mass is 287 g/mol. The molecule has 0 radical (unpaired) electrons. The number of benzene rings is 1. The maximum atomic E-state index is 11.4. The van der Waals surface area contributed by atoms with Gasteiger partial charge in [0.1, 0.15) is 11.5 Å². The number of carbonyl (C=O) groups excluding carboxylic acids is 1. The van der Waals surface area contributed by atoms with Crippen LogP contribution in [-0.4, -0.2) is 30.5 Å². The number of rotatable bonds is 5. The van der Waals surface area contributed by atoms with Gasteiger partial charge in [-0.15, -0.1) is 0 Å². The first kappa shape index (κ1) is 14.6. The minimum absolute atomic E-state index is 0.286. The lowest BCUT2D eigenvalue weighted by molar-refractivity contribution is 0.152. The quantitative estimate of drug-likeness (QED) is 0.655. The number of methoxy groups -OCH3 is 1. The smallest absolute Gasteiger partial charge is 0.427 e. The molecular weight excluding hydrogens is 270 g/mol. The number of hydrogen-bond donors (Lipinski definition) is 2. The molecule has 2 aromatic rings. The average Bonchev–Trinajstić information content (AvgIpc) is 3.02. The zero-order valence-corrected chi connectivity index (χ0v) is 11.9. The van der Waals surface area contributed by atoms with Gasteiger partial charge in [0.05, 0.1) is 19.4 Å². The van der Waals surface area contributed by atoms with Crippen LogP contribution in [0.4, 0.5) is 4.79 Å². The molecule has 0 spiro atoms. The molecule has 0 atom stereocenters. The number of hydrogen-bond acceptors (Lipinski definition) is 4. The number of hydrazone groups is 1. The lowest BCUT2D eigenvalue weighted by atomic mass is 10.1.